The summed E-state index contributed by atoms with van der Waals surface area (Å²) in [5, 5.41) is 9.04. The molecule has 3 aromatic carbocycles. The quantitative estimate of drug-likeness (QED) is 0.510. The topological polar surface area (TPSA) is 83.5 Å². The van der Waals surface area contributed by atoms with E-state index < -0.39 is 0 Å². The molecule has 5 rings (SSSR count). The number of carbonyl (C=O) groups excluding carboxylic acids is 2. The van der Waals surface area contributed by atoms with Crippen molar-refractivity contribution >= 4 is 17.6 Å². The minimum atomic E-state index is -0.271. The van der Waals surface area contributed by atoms with Crippen LogP contribution < -0.4 is 14.8 Å². The van der Waals surface area contributed by atoms with Gasteiger partial charge in [-0.2, -0.15) is 5.10 Å². The van der Waals surface area contributed by atoms with Gasteiger partial charge in [0.15, 0.2) is 11.5 Å². The van der Waals surface area contributed by atoms with Crippen LogP contribution in [0.2, 0.25) is 0 Å². The number of methoxy groups -OCH3 is 2. The van der Waals surface area contributed by atoms with Crippen LogP contribution in [0.1, 0.15) is 46.8 Å². The lowest BCUT2D eigenvalue weighted by molar-refractivity contribution is 0.0793. The van der Waals surface area contributed by atoms with Crippen molar-refractivity contribution in [2.45, 2.75) is 32.2 Å². The SMILES string of the molecule is CNC(=O)N1N=C(c2ccc(-c3ccc(C(=O)N4CCCC4)cc3)cc2)c2cc(OC)c(OC)cc2CC1C. The van der Waals surface area contributed by atoms with Crippen LogP contribution in [0, 0.1) is 0 Å². The minimum Gasteiger partial charge on any atom is -0.493 e. The third kappa shape index (κ3) is 5.19. The Kier molecular flexibility index (Phi) is 7.54. The van der Waals surface area contributed by atoms with Crippen LogP contribution in [0.3, 0.4) is 0 Å². The standard InChI is InChI=1S/C31H34N4O4/c1-20-17-25-18-27(38-3)28(39-4)19-26(25)29(33-35(20)31(37)32-2)23-11-7-21(8-12-23)22-9-13-24(14-10-22)30(36)34-15-5-6-16-34/h7-14,18-20H,5-6,15-17H2,1-4H3,(H,32,37). The van der Waals surface area contributed by atoms with Gasteiger partial charge in [-0.1, -0.05) is 36.4 Å². The van der Waals surface area contributed by atoms with Gasteiger partial charge in [0, 0.05) is 36.8 Å². The number of likely N-dealkylation sites (tertiary alicyclic amines) is 1. The van der Waals surface area contributed by atoms with E-state index in [1.807, 2.05) is 72.5 Å². The summed E-state index contributed by atoms with van der Waals surface area (Å²) in [4.78, 5) is 27.4. The van der Waals surface area contributed by atoms with E-state index in [0.29, 0.717) is 23.6 Å². The third-order valence-electron chi connectivity index (χ3n) is 7.44. The molecule has 0 aromatic heterocycles. The van der Waals surface area contributed by atoms with E-state index in [-0.39, 0.29) is 18.0 Å². The Morgan fingerprint density at radius 3 is 2.03 bits per heavy atom. The summed E-state index contributed by atoms with van der Waals surface area (Å²) in [6.07, 6.45) is 2.76. The lowest BCUT2D eigenvalue weighted by atomic mass is 9.93. The second-order valence-corrected chi connectivity index (χ2v) is 9.92. The Bertz CT molecular complexity index is 1390. The summed E-state index contributed by atoms with van der Waals surface area (Å²) in [5.41, 5.74) is 6.23. The van der Waals surface area contributed by atoms with Crippen molar-refractivity contribution in [3.63, 3.8) is 0 Å². The second-order valence-electron chi connectivity index (χ2n) is 9.92. The fraction of sp³-hybridized carbons (Fsp3) is 0.323. The molecule has 0 bridgehead atoms. The first kappa shape index (κ1) is 26.3. The Labute approximate surface area is 229 Å². The Balaban J connectivity index is 1.49. The van der Waals surface area contributed by atoms with Gasteiger partial charge in [-0.05, 0) is 67.1 Å². The minimum absolute atomic E-state index is 0.0985. The van der Waals surface area contributed by atoms with Crippen LogP contribution in [0.4, 0.5) is 4.79 Å². The molecular weight excluding hydrogens is 492 g/mol. The smallest absolute Gasteiger partial charge is 0.337 e. The van der Waals surface area contributed by atoms with Gasteiger partial charge in [-0.3, -0.25) is 4.79 Å². The molecule has 1 saturated heterocycles. The number of amides is 3. The molecule has 0 radical (unpaired) electrons. The molecule has 2 heterocycles. The Morgan fingerprint density at radius 1 is 0.872 bits per heavy atom. The van der Waals surface area contributed by atoms with Crippen molar-refractivity contribution in [3.8, 4) is 22.6 Å². The largest absolute Gasteiger partial charge is 0.493 e. The van der Waals surface area contributed by atoms with E-state index in [0.717, 1.165) is 59.3 Å². The number of rotatable bonds is 5. The van der Waals surface area contributed by atoms with E-state index >= 15 is 0 Å². The van der Waals surface area contributed by atoms with Crippen molar-refractivity contribution in [2.75, 3.05) is 34.4 Å². The first-order valence-electron chi connectivity index (χ1n) is 13.3. The fourth-order valence-electron chi connectivity index (χ4n) is 5.28. The lowest BCUT2D eigenvalue weighted by Crippen LogP contribution is -2.41. The molecule has 0 aliphatic carbocycles. The molecule has 39 heavy (non-hydrogen) atoms. The maximum atomic E-state index is 12.7. The summed E-state index contributed by atoms with van der Waals surface area (Å²) < 4.78 is 11.1. The zero-order valence-corrected chi connectivity index (χ0v) is 22.9. The first-order valence-corrected chi connectivity index (χ1v) is 13.3. The predicted molar refractivity (Wildman–Crippen MR) is 152 cm³/mol. The number of ether oxygens (including phenoxy) is 2. The highest BCUT2D eigenvalue weighted by molar-refractivity contribution is 6.14. The number of benzene rings is 3. The van der Waals surface area contributed by atoms with Crippen molar-refractivity contribution in [2.24, 2.45) is 5.10 Å². The van der Waals surface area contributed by atoms with Gasteiger partial charge >= 0.3 is 6.03 Å². The zero-order chi connectivity index (χ0) is 27.5. The number of hydrogen-bond donors (Lipinski definition) is 1. The van der Waals surface area contributed by atoms with Crippen molar-refractivity contribution in [1.29, 1.82) is 0 Å². The molecule has 3 aromatic rings. The number of hydrazone groups is 1. The number of hydrogen-bond acceptors (Lipinski definition) is 5. The number of carbonyl (C=O) groups is 2. The van der Waals surface area contributed by atoms with Crippen molar-refractivity contribution in [1.82, 2.24) is 15.2 Å². The molecule has 1 N–H and O–H groups in total. The van der Waals surface area contributed by atoms with Gasteiger partial charge < -0.3 is 19.7 Å². The number of fused-ring (bicyclic) bond motifs is 1. The molecule has 8 heteroatoms. The summed E-state index contributed by atoms with van der Waals surface area (Å²) >= 11 is 0. The average Bonchev–Trinajstić information content (AvgIpc) is 3.48. The molecular formula is C31H34N4O4. The van der Waals surface area contributed by atoms with Gasteiger partial charge in [0.25, 0.3) is 5.91 Å². The van der Waals surface area contributed by atoms with E-state index in [1.165, 1.54) is 5.01 Å². The Hall–Kier alpha value is -4.33. The maximum Gasteiger partial charge on any atom is 0.337 e. The van der Waals surface area contributed by atoms with Crippen LogP contribution in [0.25, 0.3) is 11.1 Å². The lowest BCUT2D eigenvalue weighted by Gasteiger charge is -2.22. The van der Waals surface area contributed by atoms with E-state index in [1.54, 1.807) is 21.3 Å². The highest BCUT2D eigenvalue weighted by Crippen LogP contribution is 2.35. The van der Waals surface area contributed by atoms with Crippen LogP contribution >= 0.6 is 0 Å². The predicted octanol–water partition coefficient (Wildman–Crippen LogP) is 4.95. The molecule has 2 aliphatic rings. The highest BCUT2D eigenvalue weighted by atomic mass is 16.5. The highest BCUT2D eigenvalue weighted by Gasteiger charge is 2.28. The molecule has 8 nitrogen and oxygen atoms in total. The van der Waals surface area contributed by atoms with Crippen LogP contribution in [0.5, 0.6) is 11.5 Å². The maximum absolute atomic E-state index is 12.7. The van der Waals surface area contributed by atoms with E-state index in [2.05, 4.69) is 5.32 Å². The van der Waals surface area contributed by atoms with E-state index in [4.69, 9.17) is 14.6 Å². The van der Waals surface area contributed by atoms with Gasteiger partial charge in [-0.15, -0.1) is 0 Å². The third-order valence-corrected chi connectivity index (χ3v) is 7.44. The molecule has 0 saturated carbocycles. The van der Waals surface area contributed by atoms with Crippen LogP contribution in [-0.2, 0) is 6.42 Å². The number of urea groups is 1. The normalized spacial score (nSPS) is 16.7. The summed E-state index contributed by atoms with van der Waals surface area (Å²) in [6, 6.07) is 19.3. The van der Waals surface area contributed by atoms with Crippen molar-refractivity contribution < 1.29 is 19.1 Å². The Morgan fingerprint density at radius 2 is 1.44 bits per heavy atom. The zero-order valence-electron chi connectivity index (χ0n) is 22.9. The van der Waals surface area contributed by atoms with Gasteiger partial charge in [-0.25, -0.2) is 9.80 Å². The fourth-order valence-corrected chi connectivity index (χ4v) is 5.28. The molecule has 1 unspecified atom stereocenters. The van der Waals surface area contributed by atoms with Crippen molar-refractivity contribution in [3.05, 3.63) is 82.9 Å². The molecule has 0 spiro atoms. The molecule has 3 amide bonds. The summed E-state index contributed by atoms with van der Waals surface area (Å²) in [5.74, 6) is 1.34. The van der Waals surface area contributed by atoms with E-state index in [9.17, 15) is 9.59 Å². The monoisotopic (exact) mass is 526 g/mol. The molecule has 1 atom stereocenters. The molecule has 202 valence electrons. The van der Waals surface area contributed by atoms with Crippen LogP contribution in [-0.4, -0.2) is 68.0 Å². The van der Waals surface area contributed by atoms with Gasteiger partial charge in [0.2, 0.25) is 0 Å². The summed E-state index contributed by atoms with van der Waals surface area (Å²) in [6.45, 7) is 3.65. The number of nitrogens with zero attached hydrogens (tertiary/aromatic N) is 3. The van der Waals surface area contributed by atoms with Gasteiger partial charge in [0.05, 0.1) is 26.0 Å². The summed E-state index contributed by atoms with van der Waals surface area (Å²) in [7, 11) is 4.83. The average molecular weight is 527 g/mol. The molecule has 1 fully saturated rings. The van der Waals surface area contributed by atoms with Crippen LogP contribution in [0.15, 0.2) is 65.8 Å². The second kappa shape index (κ2) is 11.2. The van der Waals surface area contributed by atoms with Gasteiger partial charge in [0.1, 0.15) is 0 Å². The number of nitrogens with one attached hydrogen (secondary N) is 1. The molecule has 2 aliphatic heterocycles. The first-order chi connectivity index (χ1) is 18.9.